The third-order valence-corrected chi connectivity index (χ3v) is 5.77. The molecule has 1 aliphatic heterocycles. The van der Waals surface area contributed by atoms with Crippen molar-refractivity contribution in [3.8, 4) is 0 Å². The highest BCUT2D eigenvalue weighted by atomic mass is 32.1. The number of thiophene rings is 1. The lowest BCUT2D eigenvalue weighted by molar-refractivity contribution is 0.0709. The number of hydrogen-bond donors (Lipinski definition) is 1. The molecular weight excluding hydrogens is 314 g/mol. The average Bonchev–Trinajstić information content (AvgIpc) is 3.24. The van der Waals surface area contributed by atoms with Crippen LogP contribution in [-0.4, -0.2) is 34.9 Å². The van der Waals surface area contributed by atoms with Gasteiger partial charge in [0.25, 0.3) is 5.91 Å². The summed E-state index contributed by atoms with van der Waals surface area (Å²) in [5, 5.41) is 8.84. The van der Waals surface area contributed by atoms with Gasteiger partial charge in [0.2, 0.25) is 0 Å². The Morgan fingerprint density at radius 2 is 2.23 bits per heavy atom. The van der Waals surface area contributed by atoms with Crippen LogP contribution in [-0.2, 0) is 13.0 Å². The van der Waals surface area contributed by atoms with Crippen LogP contribution < -0.4 is 5.32 Å². The molecule has 1 amide bonds. The first-order valence-electron chi connectivity index (χ1n) is 7.75. The van der Waals surface area contributed by atoms with Crippen LogP contribution in [0.3, 0.4) is 0 Å². The first kappa shape index (κ1) is 15.6. The van der Waals surface area contributed by atoms with Crippen molar-refractivity contribution in [3.63, 3.8) is 0 Å². The number of amides is 1. The van der Waals surface area contributed by atoms with Crippen LogP contribution in [0.1, 0.15) is 40.1 Å². The molecule has 0 atom stereocenters. The number of nitrogens with one attached hydrogen (secondary N) is 1. The maximum Gasteiger partial charge on any atom is 0.263 e. The lowest BCUT2D eigenvalue weighted by Gasteiger charge is -2.32. The summed E-state index contributed by atoms with van der Waals surface area (Å²) in [4.78, 5) is 19.7. The minimum atomic E-state index is 0.181. The summed E-state index contributed by atoms with van der Waals surface area (Å²) in [6.07, 6.45) is 3.03. The SMILES string of the molecule is CCc1csc(CNC2CCN(C(=O)c3cccs3)CC2)n1. The number of aryl methyl sites for hydroxylation is 1. The summed E-state index contributed by atoms with van der Waals surface area (Å²) in [6.45, 7) is 4.65. The van der Waals surface area contributed by atoms with E-state index < -0.39 is 0 Å². The molecule has 2 aromatic heterocycles. The molecular formula is C16H21N3OS2. The number of aromatic nitrogens is 1. The van der Waals surface area contributed by atoms with Gasteiger partial charge in [-0.05, 0) is 30.7 Å². The van der Waals surface area contributed by atoms with Gasteiger partial charge in [0, 0.05) is 31.1 Å². The van der Waals surface area contributed by atoms with Gasteiger partial charge in [-0.3, -0.25) is 4.79 Å². The molecule has 1 saturated heterocycles. The van der Waals surface area contributed by atoms with Crippen LogP contribution in [0.4, 0.5) is 0 Å². The van der Waals surface area contributed by atoms with Gasteiger partial charge < -0.3 is 10.2 Å². The van der Waals surface area contributed by atoms with Crippen LogP contribution in [0.15, 0.2) is 22.9 Å². The van der Waals surface area contributed by atoms with Gasteiger partial charge >= 0.3 is 0 Å². The van der Waals surface area contributed by atoms with E-state index in [-0.39, 0.29) is 5.91 Å². The average molecular weight is 335 g/mol. The zero-order chi connectivity index (χ0) is 15.4. The van der Waals surface area contributed by atoms with Crippen LogP contribution in [0.5, 0.6) is 0 Å². The third kappa shape index (κ3) is 3.74. The second-order valence-electron chi connectivity index (χ2n) is 5.51. The number of thiazole rings is 1. The number of hydrogen-bond acceptors (Lipinski definition) is 5. The van der Waals surface area contributed by atoms with Gasteiger partial charge in [0.1, 0.15) is 5.01 Å². The molecule has 0 bridgehead atoms. The molecule has 0 saturated carbocycles. The second-order valence-corrected chi connectivity index (χ2v) is 7.40. The van der Waals surface area contributed by atoms with E-state index in [9.17, 15) is 4.79 Å². The lowest BCUT2D eigenvalue weighted by Crippen LogP contribution is -2.44. The Hall–Kier alpha value is -1.24. The fraction of sp³-hybridized carbons (Fsp3) is 0.500. The summed E-state index contributed by atoms with van der Waals surface area (Å²) in [5.74, 6) is 0.181. The van der Waals surface area contributed by atoms with Crippen molar-refractivity contribution in [1.29, 1.82) is 0 Å². The summed E-state index contributed by atoms with van der Waals surface area (Å²) in [7, 11) is 0. The predicted octanol–water partition coefficient (Wildman–Crippen LogP) is 3.16. The molecule has 1 N–H and O–H groups in total. The maximum atomic E-state index is 12.3. The summed E-state index contributed by atoms with van der Waals surface area (Å²) >= 11 is 3.25. The fourth-order valence-electron chi connectivity index (χ4n) is 2.67. The number of carbonyl (C=O) groups is 1. The van der Waals surface area contributed by atoms with E-state index in [4.69, 9.17) is 0 Å². The Morgan fingerprint density at radius 1 is 1.41 bits per heavy atom. The normalized spacial score (nSPS) is 16.1. The molecule has 0 unspecified atom stereocenters. The van der Waals surface area contributed by atoms with Crippen molar-refractivity contribution in [2.24, 2.45) is 0 Å². The molecule has 0 aliphatic carbocycles. The van der Waals surface area contributed by atoms with Crippen LogP contribution in [0, 0.1) is 0 Å². The van der Waals surface area contributed by atoms with Crippen molar-refractivity contribution in [3.05, 3.63) is 38.5 Å². The van der Waals surface area contributed by atoms with E-state index >= 15 is 0 Å². The van der Waals surface area contributed by atoms with Crippen molar-refractivity contribution in [2.75, 3.05) is 13.1 Å². The molecule has 0 radical (unpaired) electrons. The summed E-state index contributed by atoms with van der Waals surface area (Å²) < 4.78 is 0. The molecule has 6 heteroatoms. The number of carbonyl (C=O) groups excluding carboxylic acids is 1. The van der Waals surface area contributed by atoms with Gasteiger partial charge in [-0.2, -0.15) is 0 Å². The van der Waals surface area contributed by atoms with Crippen molar-refractivity contribution in [2.45, 2.75) is 38.8 Å². The standard InChI is InChI=1S/C16H21N3OS2/c1-2-12-11-22-15(18-12)10-17-13-5-7-19(8-6-13)16(20)14-4-3-9-21-14/h3-4,9,11,13,17H,2,5-8,10H2,1H3. The number of likely N-dealkylation sites (tertiary alicyclic amines) is 1. The Balaban J connectivity index is 1.44. The summed E-state index contributed by atoms with van der Waals surface area (Å²) in [6, 6.07) is 4.33. The molecule has 4 nitrogen and oxygen atoms in total. The van der Waals surface area contributed by atoms with Gasteiger partial charge in [0.05, 0.1) is 10.6 Å². The number of nitrogens with zero attached hydrogens (tertiary/aromatic N) is 2. The second kappa shape index (κ2) is 7.35. The molecule has 118 valence electrons. The highest BCUT2D eigenvalue weighted by Gasteiger charge is 2.23. The van der Waals surface area contributed by atoms with E-state index in [0.717, 1.165) is 48.8 Å². The Morgan fingerprint density at radius 3 is 2.86 bits per heavy atom. The Bertz CT molecular complexity index is 601. The quantitative estimate of drug-likeness (QED) is 0.913. The van der Waals surface area contributed by atoms with Crippen molar-refractivity contribution < 1.29 is 4.79 Å². The Kier molecular flexibility index (Phi) is 5.23. The topological polar surface area (TPSA) is 45.2 Å². The van der Waals surface area contributed by atoms with Gasteiger partial charge in [0.15, 0.2) is 0 Å². The van der Waals surface area contributed by atoms with Crippen molar-refractivity contribution in [1.82, 2.24) is 15.2 Å². The van der Waals surface area contributed by atoms with Crippen LogP contribution in [0.2, 0.25) is 0 Å². The van der Waals surface area contributed by atoms with E-state index in [1.54, 1.807) is 11.3 Å². The molecule has 0 aromatic carbocycles. The fourth-order valence-corrected chi connectivity index (χ4v) is 4.19. The minimum Gasteiger partial charge on any atom is -0.338 e. The van der Waals surface area contributed by atoms with E-state index in [1.807, 2.05) is 22.4 Å². The van der Waals surface area contributed by atoms with Gasteiger partial charge in [-0.25, -0.2) is 4.98 Å². The zero-order valence-electron chi connectivity index (χ0n) is 12.7. The first-order chi connectivity index (χ1) is 10.8. The summed E-state index contributed by atoms with van der Waals surface area (Å²) in [5.41, 5.74) is 1.18. The predicted molar refractivity (Wildman–Crippen MR) is 91.6 cm³/mol. The van der Waals surface area contributed by atoms with E-state index in [2.05, 4.69) is 22.6 Å². The van der Waals surface area contributed by atoms with Gasteiger partial charge in [-0.15, -0.1) is 22.7 Å². The smallest absolute Gasteiger partial charge is 0.263 e. The van der Waals surface area contributed by atoms with Crippen LogP contribution >= 0.6 is 22.7 Å². The monoisotopic (exact) mass is 335 g/mol. The van der Waals surface area contributed by atoms with Crippen molar-refractivity contribution >= 4 is 28.6 Å². The molecule has 2 aromatic rings. The van der Waals surface area contributed by atoms with Gasteiger partial charge in [-0.1, -0.05) is 13.0 Å². The largest absolute Gasteiger partial charge is 0.338 e. The maximum absolute atomic E-state index is 12.3. The molecule has 0 spiro atoms. The zero-order valence-corrected chi connectivity index (χ0v) is 14.4. The molecule has 3 rings (SSSR count). The molecule has 22 heavy (non-hydrogen) atoms. The minimum absolute atomic E-state index is 0.181. The molecule has 3 heterocycles. The first-order valence-corrected chi connectivity index (χ1v) is 9.51. The van der Waals surface area contributed by atoms with E-state index in [1.165, 1.54) is 17.0 Å². The molecule has 1 fully saturated rings. The highest BCUT2D eigenvalue weighted by Crippen LogP contribution is 2.18. The highest BCUT2D eigenvalue weighted by molar-refractivity contribution is 7.12. The lowest BCUT2D eigenvalue weighted by atomic mass is 10.0. The number of rotatable bonds is 5. The number of piperidine rings is 1. The van der Waals surface area contributed by atoms with E-state index in [0.29, 0.717) is 6.04 Å². The van der Waals surface area contributed by atoms with Crippen LogP contribution in [0.25, 0.3) is 0 Å². The molecule has 1 aliphatic rings. The third-order valence-electron chi connectivity index (χ3n) is 4.02. The Labute approximate surface area is 139 Å².